The maximum atomic E-state index is 14.8. The summed E-state index contributed by atoms with van der Waals surface area (Å²) in [6, 6.07) is 4.73. The number of urea groups is 1. The molecule has 1 aromatic carbocycles. The van der Waals surface area contributed by atoms with E-state index >= 15 is 0 Å². The standard InChI is InChI=1S/C39H55FN6O8S/c1-23-11-7-8-12-25-19-39(25,35(49)45-55(51,52)38(22-40)15-16-38)43-32(47)29-18-26(54-33-28-14-10-9-13-27(28)30(53-6)20-41-33)21-46(29)34(48)31(24(2)17-23)42-36(50)44-37(3,4)5/h9-10,13-14,20,23-26,29,31H,7-8,11-12,15-19,21-22H2,1-6H3,(H,43,47)(H,45,49)(H2,42,44,50). The lowest BCUT2D eigenvalue weighted by atomic mass is 9.87. The summed E-state index contributed by atoms with van der Waals surface area (Å²) in [5, 5.41) is 10.1. The van der Waals surface area contributed by atoms with Crippen molar-refractivity contribution >= 4 is 44.5 Å². The average Bonchev–Trinajstić information content (AvgIpc) is 4.02. The second kappa shape index (κ2) is 15.4. The molecule has 55 heavy (non-hydrogen) atoms. The van der Waals surface area contributed by atoms with Crippen molar-refractivity contribution in [3.8, 4) is 11.6 Å². The zero-order valence-electron chi connectivity index (χ0n) is 32.6. The number of carbonyl (C=O) groups excluding carboxylic acids is 4. The number of fused-ring (bicyclic) bond motifs is 3. The van der Waals surface area contributed by atoms with E-state index in [0.29, 0.717) is 24.0 Å². The van der Waals surface area contributed by atoms with Crippen molar-refractivity contribution in [1.82, 2.24) is 30.6 Å². The summed E-state index contributed by atoms with van der Waals surface area (Å²) in [5.74, 6) is -1.67. The van der Waals surface area contributed by atoms with Gasteiger partial charge in [-0.25, -0.2) is 22.6 Å². The minimum atomic E-state index is -4.35. The molecule has 2 saturated carbocycles. The normalized spacial score (nSPS) is 29.8. The quantitative estimate of drug-likeness (QED) is 0.306. The Morgan fingerprint density at radius 3 is 2.42 bits per heavy atom. The first-order chi connectivity index (χ1) is 25.9. The van der Waals surface area contributed by atoms with Gasteiger partial charge >= 0.3 is 6.03 Å². The number of hydrogen-bond acceptors (Lipinski definition) is 9. The van der Waals surface area contributed by atoms with Gasteiger partial charge in [-0.2, -0.15) is 0 Å². The molecular weight excluding hydrogens is 732 g/mol. The molecule has 5 amide bonds. The van der Waals surface area contributed by atoms with Gasteiger partial charge in [-0.1, -0.05) is 51.3 Å². The summed E-state index contributed by atoms with van der Waals surface area (Å²) in [5.41, 5.74) is -2.14. The molecule has 4 fully saturated rings. The Morgan fingerprint density at radius 1 is 1.07 bits per heavy atom. The van der Waals surface area contributed by atoms with Crippen LogP contribution in [0.2, 0.25) is 0 Å². The number of sulfonamides is 1. The van der Waals surface area contributed by atoms with Crippen molar-refractivity contribution in [3.05, 3.63) is 30.5 Å². The van der Waals surface area contributed by atoms with Crippen LogP contribution in [-0.2, 0) is 24.4 Å². The number of pyridine rings is 1. The number of rotatable bonds is 8. The van der Waals surface area contributed by atoms with Gasteiger partial charge in [0.05, 0.1) is 19.9 Å². The molecular formula is C39H55FN6O8S. The smallest absolute Gasteiger partial charge is 0.315 e. The number of amides is 5. The minimum Gasteiger partial charge on any atom is -0.494 e. The Kier molecular flexibility index (Phi) is 11.3. The largest absolute Gasteiger partial charge is 0.494 e. The van der Waals surface area contributed by atoms with Crippen molar-refractivity contribution in [2.75, 3.05) is 20.3 Å². The number of alkyl halides is 1. The number of ether oxygens (including phenoxy) is 2. The molecule has 0 radical (unpaired) electrons. The summed E-state index contributed by atoms with van der Waals surface area (Å²) in [6.45, 7) is 8.37. The molecule has 302 valence electrons. The van der Waals surface area contributed by atoms with Crippen molar-refractivity contribution in [3.63, 3.8) is 0 Å². The first kappa shape index (κ1) is 40.5. The Morgan fingerprint density at radius 2 is 1.76 bits per heavy atom. The molecule has 0 spiro atoms. The molecule has 1 aromatic heterocycles. The van der Waals surface area contributed by atoms with E-state index in [1.54, 1.807) is 13.3 Å². The molecule has 4 aliphatic rings. The lowest BCUT2D eigenvalue weighted by Gasteiger charge is -2.33. The van der Waals surface area contributed by atoms with Gasteiger partial charge in [0.2, 0.25) is 27.7 Å². The van der Waals surface area contributed by atoms with E-state index in [4.69, 9.17) is 9.47 Å². The zero-order chi connectivity index (χ0) is 39.9. The molecule has 7 atom stereocenters. The molecule has 3 heterocycles. The minimum absolute atomic E-state index is 0.0247. The Labute approximate surface area is 322 Å². The van der Waals surface area contributed by atoms with Crippen LogP contribution in [0.15, 0.2) is 30.5 Å². The highest BCUT2D eigenvalue weighted by molar-refractivity contribution is 7.91. The number of carbonyl (C=O) groups is 4. The number of aromatic nitrogens is 1. The van der Waals surface area contributed by atoms with Gasteiger partial charge in [-0.05, 0) is 76.7 Å². The van der Waals surface area contributed by atoms with Crippen LogP contribution in [0.25, 0.3) is 10.8 Å². The predicted molar refractivity (Wildman–Crippen MR) is 203 cm³/mol. The molecule has 0 bridgehead atoms. The number of nitrogens with one attached hydrogen (secondary N) is 4. The van der Waals surface area contributed by atoms with E-state index in [-0.39, 0.29) is 55.9 Å². The van der Waals surface area contributed by atoms with Crippen LogP contribution in [0.3, 0.4) is 0 Å². The fraction of sp³-hybridized carbons (Fsp3) is 0.667. The van der Waals surface area contributed by atoms with E-state index in [2.05, 4.69) is 32.6 Å². The van der Waals surface area contributed by atoms with E-state index in [1.165, 1.54) is 4.90 Å². The van der Waals surface area contributed by atoms with E-state index in [0.717, 1.165) is 24.6 Å². The van der Waals surface area contributed by atoms with Gasteiger partial charge in [0.15, 0.2) is 0 Å². The number of nitrogens with zero attached hydrogens (tertiary/aromatic N) is 2. The number of methoxy groups -OCH3 is 1. The number of hydrogen-bond donors (Lipinski definition) is 4. The Balaban J connectivity index is 1.34. The molecule has 2 aromatic rings. The fourth-order valence-electron chi connectivity index (χ4n) is 8.25. The highest BCUT2D eigenvalue weighted by Crippen LogP contribution is 2.49. The number of benzene rings is 1. The third kappa shape index (κ3) is 8.48. The first-order valence-corrected chi connectivity index (χ1v) is 20.8. The van der Waals surface area contributed by atoms with Gasteiger partial charge in [-0.3, -0.25) is 19.1 Å². The van der Waals surface area contributed by atoms with Crippen LogP contribution in [0.4, 0.5) is 9.18 Å². The molecule has 6 rings (SSSR count). The van der Waals surface area contributed by atoms with Crippen molar-refractivity contribution in [1.29, 1.82) is 0 Å². The first-order valence-electron chi connectivity index (χ1n) is 19.3. The second-order valence-corrected chi connectivity index (χ2v) is 19.3. The summed E-state index contributed by atoms with van der Waals surface area (Å²) >= 11 is 0. The summed E-state index contributed by atoms with van der Waals surface area (Å²) in [7, 11) is -2.81. The summed E-state index contributed by atoms with van der Waals surface area (Å²) in [4.78, 5) is 62.4. The lowest BCUT2D eigenvalue weighted by Crippen LogP contribution is -2.60. The number of halogens is 1. The van der Waals surface area contributed by atoms with Crippen molar-refractivity contribution in [2.24, 2.45) is 17.8 Å². The molecule has 7 unspecified atom stereocenters. The van der Waals surface area contributed by atoms with Crippen LogP contribution in [0.1, 0.15) is 92.4 Å². The predicted octanol–water partition coefficient (Wildman–Crippen LogP) is 4.12. The van der Waals surface area contributed by atoms with Gasteiger partial charge in [0, 0.05) is 22.7 Å². The van der Waals surface area contributed by atoms with E-state index < -0.39 is 74.5 Å². The summed E-state index contributed by atoms with van der Waals surface area (Å²) < 4.78 is 52.7. The van der Waals surface area contributed by atoms with Crippen LogP contribution in [0, 0.1) is 17.8 Å². The third-order valence-corrected chi connectivity index (χ3v) is 13.8. The average molecular weight is 787 g/mol. The van der Waals surface area contributed by atoms with Crippen LogP contribution >= 0.6 is 0 Å². The molecule has 2 saturated heterocycles. The molecule has 2 aliphatic carbocycles. The SMILES string of the molecule is COc1cnc(OC2CC3C(=O)NC4(C(=O)NS(=O)(=O)C5(CF)CC5)CC4CCCCC(C)CC(C)C(NC(=O)NC(C)(C)C)C(=O)N3C2)c2ccccc12. The van der Waals surface area contributed by atoms with Crippen LogP contribution < -0.4 is 30.1 Å². The maximum Gasteiger partial charge on any atom is 0.315 e. The maximum absolute atomic E-state index is 14.8. The zero-order valence-corrected chi connectivity index (χ0v) is 33.4. The Hall–Kier alpha value is -4.21. The van der Waals surface area contributed by atoms with E-state index in [1.807, 2.05) is 52.0 Å². The van der Waals surface area contributed by atoms with Gasteiger partial charge < -0.3 is 30.3 Å². The van der Waals surface area contributed by atoms with Crippen LogP contribution in [-0.4, -0.2) is 96.4 Å². The summed E-state index contributed by atoms with van der Waals surface area (Å²) in [6.07, 6.45) is 4.83. The third-order valence-electron chi connectivity index (χ3n) is 11.7. The topological polar surface area (TPSA) is 185 Å². The van der Waals surface area contributed by atoms with Crippen molar-refractivity contribution < 1.29 is 41.5 Å². The van der Waals surface area contributed by atoms with Gasteiger partial charge in [0.25, 0.3) is 5.91 Å². The fourth-order valence-corrected chi connectivity index (χ4v) is 9.68. The monoisotopic (exact) mass is 786 g/mol. The van der Waals surface area contributed by atoms with Crippen molar-refractivity contribution in [2.45, 2.75) is 126 Å². The highest BCUT2D eigenvalue weighted by Gasteiger charge is 2.64. The van der Waals surface area contributed by atoms with Gasteiger partial charge in [0.1, 0.15) is 40.9 Å². The molecule has 14 nitrogen and oxygen atoms in total. The molecule has 2 aliphatic heterocycles. The van der Waals surface area contributed by atoms with Gasteiger partial charge in [-0.15, -0.1) is 0 Å². The van der Waals surface area contributed by atoms with E-state index in [9.17, 15) is 32.0 Å². The highest BCUT2D eigenvalue weighted by atomic mass is 32.2. The lowest BCUT2D eigenvalue weighted by molar-refractivity contribution is -0.142. The molecule has 16 heteroatoms. The Bertz CT molecular complexity index is 1920. The molecule has 4 N–H and O–H groups in total. The van der Waals surface area contributed by atoms with Crippen LogP contribution in [0.5, 0.6) is 11.6 Å². The second-order valence-electron chi connectivity index (χ2n) is 17.2.